The normalized spacial score (nSPS) is 15.7. The van der Waals surface area contributed by atoms with E-state index in [0.29, 0.717) is 13.1 Å². The molecular weight excluding hydrogens is 118 g/mol. The largest absolute Gasteiger partial charge is 0.378 e. The fraction of sp³-hybridized carbons (Fsp3) is 1.00. The molecule has 0 heterocycles. The first-order valence-corrected chi connectivity index (χ1v) is 2.90. The van der Waals surface area contributed by atoms with Gasteiger partial charge in [0.05, 0.1) is 0 Å². The summed E-state index contributed by atoms with van der Waals surface area (Å²) < 4.78 is 0. The Labute approximate surface area is 55.0 Å². The molecule has 0 aliphatic carbocycles. The average Bonchev–Trinajstić information content (AvgIpc) is 1.86. The highest BCUT2D eigenvalue weighted by atomic mass is 16.3. The van der Waals surface area contributed by atoms with E-state index in [1.165, 1.54) is 0 Å². The van der Waals surface area contributed by atoms with Gasteiger partial charge in [-0.1, -0.05) is 6.92 Å². The van der Waals surface area contributed by atoms with Crippen LogP contribution in [-0.2, 0) is 0 Å². The highest BCUT2D eigenvalue weighted by Crippen LogP contribution is 2.13. The van der Waals surface area contributed by atoms with Gasteiger partial charge in [-0.25, -0.2) is 0 Å². The van der Waals surface area contributed by atoms with E-state index >= 15 is 0 Å². The first-order chi connectivity index (χ1) is 4.06. The minimum atomic E-state index is -0.924. The van der Waals surface area contributed by atoms with Crippen LogP contribution in [0.25, 0.3) is 0 Å². The van der Waals surface area contributed by atoms with Gasteiger partial charge >= 0.3 is 0 Å². The van der Waals surface area contributed by atoms with E-state index in [-0.39, 0.29) is 0 Å². The summed E-state index contributed by atoms with van der Waals surface area (Å²) in [6.45, 7) is 2.36. The molecule has 0 saturated carbocycles. The molecule has 0 bridgehead atoms. The lowest BCUT2D eigenvalue weighted by Crippen LogP contribution is -2.49. The summed E-state index contributed by atoms with van der Waals surface area (Å²) in [5, 5.41) is 8.89. The van der Waals surface area contributed by atoms with E-state index in [1.807, 2.05) is 0 Å². The summed E-state index contributed by atoms with van der Waals surface area (Å²) in [7, 11) is 0. The van der Waals surface area contributed by atoms with Gasteiger partial charge in [-0.15, -0.1) is 0 Å². The molecule has 1 atom stereocenters. The van der Waals surface area contributed by atoms with Crippen LogP contribution in [0.15, 0.2) is 0 Å². The molecule has 0 aliphatic rings. The zero-order chi connectivity index (χ0) is 7.49. The lowest BCUT2D eigenvalue weighted by Gasteiger charge is -2.28. The molecule has 0 amide bonds. The first-order valence-electron chi connectivity index (χ1n) is 2.90. The van der Waals surface area contributed by atoms with Gasteiger partial charge in [0, 0.05) is 18.5 Å². The predicted molar refractivity (Wildman–Crippen MR) is 36.4 cm³/mol. The molecule has 1 unspecified atom stereocenters. The molecular formula is C5H15N3O. The molecule has 0 spiro atoms. The fourth-order valence-corrected chi connectivity index (χ4v) is 0.325. The second kappa shape index (κ2) is 3.12. The number of hydrogen-bond acceptors (Lipinski definition) is 4. The number of aliphatic hydroxyl groups excluding tert-OH is 1. The zero-order valence-corrected chi connectivity index (χ0v) is 5.67. The number of aliphatic hydroxyl groups is 1. The van der Waals surface area contributed by atoms with Crippen molar-refractivity contribution in [2.45, 2.75) is 13.2 Å². The van der Waals surface area contributed by atoms with Crippen LogP contribution in [0.2, 0.25) is 0 Å². The van der Waals surface area contributed by atoms with Crippen molar-refractivity contribution in [3.8, 4) is 0 Å². The summed E-state index contributed by atoms with van der Waals surface area (Å²) in [6.07, 6.45) is -0.924. The van der Waals surface area contributed by atoms with Gasteiger partial charge in [0.15, 0.2) is 0 Å². The molecule has 0 fully saturated rings. The number of rotatable bonds is 3. The Morgan fingerprint density at radius 2 is 1.78 bits per heavy atom. The topological polar surface area (TPSA) is 98.3 Å². The lowest BCUT2D eigenvalue weighted by molar-refractivity contribution is 0.0548. The van der Waals surface area contributed by atoms with Crippen molar-refractivity contribution < 1.29 is 5.11 Å². The van der Waals surface area contributed by atoms with Crippen molar-refractivity contribution in [3.63, 3.8) is 0 Å². The third-order valence-corrected chi connectivity index (χ3v) is 1.65. The molecule has 9 heavy (non-hydrogen) atoms. The summed E-state index contributed by atoms with van der Waals surface area (Å²) >= 11 is 0. The maximum Gasteiger partial charge on any atom is 0.110 e. The van der Waals surface area contributed by atoms with E-state index in [4.69, 9.17) is 22.3 Å². The Balaban J connectivity index is 3.92. The van der Waals surface area contributed by atoms with Crippen molar-refractivity contribution >= 4 is 0 Å². The molecule has 0 aromatic heterocycles. The molecule has 0 aromatic carbocycles. The minimum absolute atomic E-state index is 0.307. The van der Waals surface area contributed by atoms with Crippen LogP contribution in [-0.4, -0.2) is 24.4 Å². The summed E-state index contributed by atoms with van der Waals surface area (Å²) in [5.41, 5.74) is 15.3. The molecule has 7 N–H and O–H groups in total. The maximum absolute atomic E-state index is 8.89. The second-order valence-corrected chi connectivity index (χ2v) is 2.51. The van der Waals surface area contributed by atoms with E-state index < -0.39 is 11.6 Å². The standard InChI is InChI=1S/C5H15N3O/c1-5(2-6,3-7)4(8)9/h4,9H,2-3,6-8H2,1H3. The van der Waals surface area contributed by atoms with Gasteiger partial charge in [-0.05, 0) is 0 Å². The number of hydrogen-bond donors (Lipinski definition) is 4. The minimum Gasteiger partial charge on any atom is -0.378 e. The Kier molecular flexibility index (Phi) is 3.07. The Morgan fingerprint density at radius 3 is 1.78 bits per heavy atom. The van der Waals surface area contributed by atoms with Gasteiger partial charge in [0.25, 0.3) is 0 Å². The van der Waals surface area contributed by atoms with E-state index in [1.54, 1.807) is 6.92 Å². The highest BCUT2D eigenvalue weighted by molar-refractivity contribution is 4.80. The van der Waals surface area contributed by atoms with Crippen LogP contribution in [0.5, 0.6) is 0 Å². The van der Waals surface area contributed by atoms with Crippen molar-refractivity contribution in [2.24, 2.45) is 22.6 Å². The lowest BCUT2D eigenvalue weighted by atomic mass is 9.89. The van der Waals surface area contributed by atoms with Crippen LogP contribution >= 0.6 is 0 Å². The molecule has 4 heteroatoms. The zero-order valence-electron chi connectivity index (χ0n) is 5.67. The SMILES string of the molecule is CC(CN)(CN)C(N)O. The third-order valence-electron chi connectivity index (χ3n) is 1.65. The van der Waals surface area contributed by atoms with Crippen LogP contribution < -0.4 is 17.2 Å². The van der Waals surface area contributed by atoms with Crippen LogP contribution in [0.1, 0.15) is 6.92 Å². The van der Waals surface area contributed by atoms with Crippen molar-refractivity contribution in [2.75, 3.05) is 13.1 Å². The molecule has 4 nitrogen and oxygen atoms in total. The monoisotopic (exact) mass is 133 g/mol. The first kappa shape index (κ1) is 8.84. The average molecular weight is 133 g/mol. The summed E-state index contributed by atoms with van der Waals surface area (Å²) in [5.74, 6) is 0. The molecule has 0 radical (unpaired) electrons. The molecule has 0 aliphatic heterocycles. The molecule has 0 aromatic rings. The smallest absolute Gasteiger partial charge is 0.110 e. The molecule has 56 valence electrons. The Bertz CT molecular complexity index is 80.3. The van der Waals surface area contributed by atoms with Gasteiger partial charge < -0.3 is 22.3 Å². The van der Waals surface area contributed by atoms with E-state index in [0.717, 1.165) is 0 Å². The van der Waals surface area contributed by atoms with Gasteiger partial charge in [0.1, 0.15) is 6.23 Å². The highest BCUT2D eigenvalue weighted by Gasteiger charge is 2.26. The van der Waals surface area contributed by atoms with Crippen molar-refractivity contribution in [3.05, 3.63) is 0 Å². The predicted octanol–water partition coefficient (Wildman–Crippen LogP) is -1.81. The van der Waals surface area contributed by atoms with Crippen molar-refractivity contribution in [1.82, 2.24) is 0 Å². The quantitative estimate of drug-likeness (QED) is 0.341. The van der Waals surface area contributed by atoms with E-state index in [2.05, 4.69) is 0 Å². The number of nitrogens with two attached hydrogens (primary N) is 3. The second-order valence-electron chi connectivity index (χ2n) is 2.51. The Morgan fingerprint density at radius 1 is 1.44 bits per heavy atom. The summed E-state index contributed by atoms with van der Waals surface area (Å²) in [6, 6.07) is 0. The summed E-state index contributed by atoms with van der Waals surface area (Å²) in [4.78, 5) is 0. The van der Waals surface area contributed by atoms with Gasteiger partial charge in [0.2, 0.25) is 0 Å². The molecule has 0 rings (SSSR count). The van der Waals surface area contributed by atoms with Crippen molar-refractivity contribution in [1.29, 1.82) is 0 Å². The van der Waals surface area contributed by atoms with Crippen LogP contribution in [0.4, 0.5) is 0 Å². The van der Waals surface area contributed by atoms with Crippen LogP contribution in [0.3, 0.4) is 0 Å². The molecule has 0 saturated heterocycles. The Hall–Kier alpha value is -0.160. The third kappa shape index (κ3) is 1.91. The fourth-order valence-electron chi connectivity index (χ4n) is 0.325. The van der Waals surface area contributed by atoms with Gasteiger partial charge in [-0.3, -0.25) is 0 Å². The maximum atomic E-state index is 8.89. The van der Waals surface area contributed by atoms with E-state index in [9.17, 15) is 0 Å². The van der Waals surface area contributed by atoms with Gasteiger partial charge in [-0.2, -0.15) is 0 Å². The van der Waals surface area contributed by atoms with Crippen LogP contribution in [0, 0.1) is 5.41 Å².